The highest BCUT2D eigenvalue weighted by Gasteiger charge is 2.21. The zero-order valence-corrected chi connectivity index (χ0v) is 12.4. The lowest BCUT2D eigenvalue weighted by Gasteiger charge is -2.16. The Bertz CT molecular complexity index is 654. The van der Waals surface area contributed by atoms with Gasteiger partial charge in [0, 0.05) is 24.3 Å². The molecule has 0 spiro atoms. The lowest BCUT2D eigenvalue weighted by Crippen LogP contribution is -2.21. The molecular weight excluding hydrogens is 260 g/mol. The number of carbonyl (C=O) groups is 1. The highest BCUT2D eigenvalue weighted by Crippen LogP contribution is 2.26. The summed E-state index contributed by atoms with van der Waals surface area (Å²) in [6, 6.07) is 14.9. The van der Waals surface area contributed by atoms with Crippen LogP contribution >= 0.6 is 0 Å². The van der Waals surface area contributed by atoms with Crippen LogP contribution in [-0.2, 0) is 12.8 Å². The Kier molecular flexibility index (Phi) is 3.65. The van der Waals surface area contributed by atoms with Crippen molar-refractivity contribution in [3.05, 3.63) is 64.7 Å². The van der Waals surface area contributed by atoms with Crippen LogP contribution in [0.3, 0.4) is 0 Å². The normalized spacial score (nSPS) is 13.8. The monoisotopic (exact) mass is 280 g/mol. The molecule has 0 saturated heterocycles. The maximum atomic E-state index is 11.6. The minimum absolute atomic E-state index is 0.0436. The number of nitrogens with one attached hydrogen (secondary N) is 2. The van der Waals surface area contributed by atoms with E-state index in [1.165, 1.54) is 11.1 Å². The molecule has 1 amide bonds. The highest BCUT2D eigenvalue weighted by atomic mass is 16.1. The smallest absolute Gasteiger partial charge is 0.251 e. The third kappa shape index (κ3) is 2.77. The van der Waals surface area contributed by atoms with Crippen molar-refractivity contribution in [1.82, 2.24) is 5.32 Å². The van der Waals surface area contributed by atoms with Gasteiger partial charge in [-0.1, -0.05) is 24.3 Å². The predicted molar refractivity (Wildman–Crippen MR) is 85.8 cm³/mol. The van der Waals surface area contributed by atoms with Gasteiger partial charge in [0.15, 0.2) is 0 Å². The second kappa shape index (κ2) is 5.60. The second-order valence-corrected chi connectivity index (χ2v) is 5.63. The van der Waals surface area contributed by atoms with E-state index in [9.17, 15) is 4.79 Å². The molecule has 3 rings (SSSR count). The third-order valence-corrected chi connectivity index (χ3v) is 4.13. The van der Waals surface area contributed by atoms with E-state index in [1.54, 1.807) is 7.05 Å². The first-order chi connectivity index (χ1) is 10.2. The molecule has 0 saturated carbocycles. The molecular formula is C18H20N2O. The standard InChI is InChI=1S/C18H20N2O/c1-12-9-15(18(21)19-2)7-8-17(12)20-16-10-13-5-3-4-6-14(13)11-16/h3-9,16,20H,10-11H2,1-2H3,(H,19,21). The van der Waals surface area contributed by atoms with Crippen molar-refractivity contribution < 1.29 is 4.79 Å². The summed E-state index contributed by atoms with van der Waals surface area (Å²) in [5.41, 5.74) is 5.80. The van der Waals surface area contributed by atoms with E-state index in [1.807, 2.05) is 25.1 Å². The molecule has 21 heavy (non-hydrogen) atoms. The average molecular weight is 280 g/mol. The van der Waals surface area contributed by atoms with Crippen molar-refractivity contribution in [3.63, 3.8) is 0 Å². The van der Waals surface area contributed by atoms with Crippen LogP contribution in [0.5, 0.6) is 0 Å². The van der Waals surface area contributed by atoms with Gasteiger partial charge in [-0.3, -0.25) is 4.79 Å². The minimum atomic E-state index is -0.0436. The number of amides is 1. The lowest BCUT2D eigenvalue weighted by atomic mass is 10.1. The van der Waals surface area contributed by atoms with Crippen LogP contribution in [0.2, 0.25) is 0 Å². The van der Waals surface area contributed by atoms with Crippen molar-refractivity contribution in [3.8, 4) is 0 Å². The van der Waals surface area contributed by atoms with E-state index in [2.05, 4.69) is 34.9 Å². The molecule has 0 aromatic heterocycles. The van der Waals surface area contributed by atoms with Gasteiger partial charge in [0.05, 0.1) is 0 Å². The Morgan fingerprint density at radius 1 is 1.10 bits per heavy atom. The van der Waals surface area contributed by atoms with Crippen LogP contribution in [0.1, 0.15) is 27.0 Å². The van der Waals surface area contributed by atoms with Crippen molar-refractivity contribution in [2.75, 3.05) is 12.4 Å². The van der Waals surface area contributed by atoms with Crippen molar-refractivity contribution in [2.45, 2.75) is 25.8 Å². The maximum absolute atomic E-state index is 11.6. The molecule has 0 radical (unpaired) electrons. The quantitative estimate of drug-likeness (QED) is 0.907. The molecule has 0 aliphatic heterocycles. The topological polar surface area (TPSA) is 41.1 Å². The molecule has 2 aromatic carbocycles. The molecule has 108 valence electrons. The molecule has 0 atom stereocenters. The number of carbonyl (C=O) groups excluding carboxylic acids is 1. The van der Waals surface area contributed by atoms with E-state index >= 15 is 0 Å². The Morgan fingerprint density at radius 3 is 2.33 bits per heavy atom. The Morgan fingerprint density at radius 2 is 1.76 bits per heavy atom. The van der Waals surface area contributed by atoms with Gasteiger partial charge in [0.1, 0.15) is 0 Å². The lowest BCUT2D eigenvalue weighted by molar-refractivity contribution is 0.0963. The van der Waals surface area contributed by atoms with Gasteiger partial charge < -0.3 is 10.6 Å². The molecule has 3 heteroatoms. The SMILES string of the molecule is CNC(=O)c1ccc(NC2Cc3ccccc3C2)c(C)c1. The molecule has 0 heterocycles. The molecule has 0 unspecified atom stereocenters. The number of fused-ring (bicyclic) bond motifs is 1. The van der Waals surface area contributed by atoms with Crippen LogP contribution in [0.15, 0.2) is 42.5 Å². The Labute approximate surface area is 125 Å². The molecule has 2 aromatic rings. The fourth-order valence-corrected chi connectivity index (χ4v) is 2.99. The summed E-state index contributed by atoms with van der Waals surface area (Å²) in [5, 5.41) is 6.26. The van der Waals surface area contributed by atoms with Gasteiger partial charge in [0.25, 0.3) is 5.91 Å². The summed E-state index contributed by atoms with van der Waals surface area (Å²) < 4.78 is 0. The Balaban J connectivity index is 1.74. The fraction of sp³-hybridized carbons (Fsp3) is 0.278. The van der Waals surface area contributed by atoms with Gasteiger partial charge in [0.2, 0.25) is 0 Å². The molecule has 0 fully saturated rings. The number of anilines is 1. The minimum Gasteiger partial charge on any atom is -0.381 e. The molecule has 2 N–H and O–H groups in total. The average Bonchev–Trinajstić information content (AvgIpc) is 2.90. The number of hydrogen-bond donors (Lipinski definition) is 2. The van der Waals surface area contributed by atoms with Crippen LogP contribution in [-0.4, -0.2) is 19.0 Å². The van der Waals surface area contributed by atoms with Crippen molar-refractivity contribution >= 4 is 11.6 Å². The van der Waals surface area contributed by atoms with E-state index in [0.717, 1.165) is 24.1 Å². The summed E-state index contributed by atoms with van der Waals surface area (Å²) in [7, 11) is 1.65. The van der Waals surface area contributed by atoms with Crippen molar-refractivity contribution in [1.29, 1.82) is 0 Å². The second-order valence-electron chi connectivity index (χ2n) is 5.63. The number of rotatable bonds is 3. The van der Waals surface area contributed by atoms with Crippen LogP contribution < -0.4 is 10.6 Å². The predicted octanol–water partition coefficient (Wildman–Crippen LogP) is 2.93. The summed E-state index contributed by atoms with van der Waals surface area (Å²) in [5.74, 6) is -0.0436. The van der Waals surface area contributed by atoms with E-state index < -0.39 is 0 Å². The summed E-state index contributed by atoms with van der Waals surface area (Å²) >= 11 is 0. The van der Waals surface area contributed by atoms with Gasteiger partial charge in [-0.25, -0.2) is 0 Å². The van der Waals surface area contributed by atoms with Crippen LogP contribution in [0.4, 0.5) is 5.69 Å². The van der Waals surface area contributed by atoms with E-state index in [0.29, 0.717) is 11.6 Å². The molecule has 1 aliphatic carbocycles. The maximum Gasteiger partial charge on any atom is 0.251 e. The molecule has 0 bridgehead atoms. The highest BCUT2D eigenvalue weighted by molar-refractivity contribution is 5.94. The summed E-state index contributed by atoms with van der Waals surface area (Å²) in [4.78, 5) is 11.6. The number of aryl methyl sites for hydroxylation is 1. The first-order valence-electron chi connectivity index (χ1n) is 7.33. The van der Waals surface area contributed by atoms with Crippen LogP contribution in [0, 0.1) is 6.92 Å². The molecule has 1 aliphatic rings. The first kappa shape index (κ1) is 13.7. The summed E-state index contributed by atoms with van der Waals surface area (Å²) in [6.07, 6.45) is 2.12. The fourth-order valence-electron chi connectivity index (χ4n) is 2.99. The van der Waals surface area contributed by atoms with Gasteiger partial charge in [-0.2, -0.15) is 0 Å². The number of hydrogen-bond acceptors (Lipinski definition) is 2. The first-order valence-corrected chi connectivity index (χ1v) is 7.33. The number of benzene rings is 2. The van der Waals surface area contributed by atoms with Gasteiger partial charge in [-0.15, -0.1) is 0 Å². The largest absolute Gasteiger partial charge is 0.381 e. The van der Waals surface area contributed by atoms with Gasteiger partial charge in [-0.05, 0) is 54.7 Å². The van der Waals surface area contributed by atoms with Crippen LogP contribution in [0.25, 0.3) is 0 Å². The van der Waals surface area contributed by atoms with Gasteiger partial charge >= 0.3 is 0 Å². The zero-order chi connectivity index (χ0) is 14.8. The summed E-state index contributed by atoms with van der Waals surface area (Å²) in [6.45, 7) is 2.04. The van der Waals surface area contributed by atoms with Crippen molar-refractivity contribution in [2.24, 2.45) is 0 Å². The Hall–Kier alpha value is -2.29. The van der Waals surface area contributed by atoms with E-state index in [-0.39, 0.29) is 5.91 Å². The molecule has 3 nitrogen and oxygen atoms in total. The third-order valence-electron chi connectivity index (χ3n) is 4.13. The van der Waals surface area contributed by atoms with E-state index in [4.69, 9.17) is 0 Å². The zero-order valence-electron chi connectivity index (χ0n) is 12.4.